The van der Waals surface area contributed by atoms with E-state index in [1.54, 1.807) is 12.3 Å². The van der Waals surface area contributed by atoms with Crippen LogP contribution in [-0.4, -0.2) is 17.4 Å². The molecule has 18 heavy (non-hydrogen) atoms. The second-order valence-corrected chi connectivity index (χ2v) is 6.89. The van der Waals surface area contributed by atoms with Crippen molar-refractivity contribution in [2.45, 2.75) is 27.7 Å². The second-order valence-electron chi connectivity index (χ2n) is 6.04. The van der Waals surface area contributed by atoms with Crippen LogP contribution in [0.25, 0.3) is 0 Å². The minimum absolute atomic E-state index is 0.110. The predicted molar refractivity (Wildman–Crippen MR) is 75.3 cm³/mol. The van der Waals surface area contributed by atoms with Crippen LogP contribution in [0.3, 0.4) is 0 Å². The van der Waals surface area contributed by atoms with Crippen molar-refractivity contribution in [2.75, 3.05) is 6.54 Å². The van der Waals surface area contributed by atoms with Crippen LogP contribution in [0.4, 0.5) is 0 Å². The molecule has 0 aromatic carbocycles. The first-order valence-corrected chi connectivity index (χ1v) is 6.96. The summed E-state index contributed by atoms with van der Waals surface area (Å²) in [5.41, 5.74) is 1.04. The molecule has 1 N–H and O–H groups in total. The van der Waals surface area contributed by atoms with Crippen molar-refractivity contribution in [3.63, 3.8) is 0 Å². The first-order chi connectivity index (χ1) is 8.28. The van der Waals surface area contributed by atoms with Crippen molar-refractivity contribution in [3.8, 4) is 0 Å². The van der Waals surface area contributed by atoms with E-state index in [0.717, 1.165) is 4.47 Å². The Morgan fingerprint density at radius 3 is 2.50 bits per heavy atom. The van der Waals surface area contributed by atoms with E-state index in [2.05, 4.69) is 53.9 Å². The maximum atomic E-state index is 12.0. The van der Waals surface area contributed by atoms with Gasteiger partial charge in [-0.1, -0.05) is 27.7 Å². The van der Waals surface area contributed by atoms with E-state index in [1.807, 2.05) is 6.07 Å². The molecule has 0 aliphatic heterocycles. The van der Waals surface area contributed by atoms with E-state index < -0.39 is 0 Å². The van der Waals surface area contributed by atoms with Gasteiger partial charge in [-0.3, -0.25) is 4.79 Å². The molecule has 0 unspecified atom stereocenters. The normalized spacial score (nSPS) is 20.5. The molecule has 1 aliphatic carbocycles. The lowest BCUT2D eigenvalue weighted by Gasteiger charge is -2.07. The number of rotatable bonds is 3. The number of carbonyl (C=O) groups is 1. The summed E-state index contributed by atoms with van der Waals surface area (Å²) in [6.07, 6.45) is 1.63. The number of carbonyl (C=O) groups excluding carboxylic acids is 1. The topological polar surface area (TPSA) is 42.0 Å². The summed E-state index contributed by atoms with van der Waals surface area (Å²) in [7, 11) is 0. The van der Waals surface area contributed by atoms with E-state index in [4.69, 9.17) is 0 Å². The molecule has 1 fully saturated rings. The molecule has 4 heteroatoms. The SMILES string of the molecule is CC1(C)C(CNC(=O)c2ncccc2Br)C1(C)C. The summed E-state index contributed by atoms with van der Waals surface area (Å²) in [4.78, 5) is 16.1. The molecule has 2 rings (SSSR count). The van der Waals surface area contributed by atoms with Gasteiger partial charge in [-0.05, 0) is 44.8 Å². The molecule has 1 amide bonds. The summed E-state index contributed by atoms with van der Waals surface area (Å²) in [6.45, 7) is 9.71. The third kappa shape index (κ3) is 2.07. The molecule has 98 valence electrons. The minimum Gasteiger partial charge on any atom is -0.350 e. The quantitative estimate of drug-likeness (QED) is 0.931. The molecule has 1 saturated carbocycles. The number of halogens is 1. The highest BCUT2D eigenvalue weighted by atomic mass is 79.9. The zero-order chi connectivity index (χ0) is 13.6. The van der Waals surface area contributed by atoms with Crippen molar-refractivity contribution in [1.82, 2.24) is 10.3 Å². The summed E-state index contributed by atoms with van der Waals surface area (Å²) in [5, 5.41) is 2.98. The van der Waals surface area contributed by atoms with E-state index in [0.29, 0.717) is 29.0 Å². The Morgan fingerprint density at radius 2 is 2.00 bits per heavy atom. The molecule has 0 spiro atoms. The van der Waals surface area contributed by atoms with Gasteiger partial charge in [0.25, 0.3) is 5.91 Å². The lowest BCUT2D eigenvalue weighted by molar-refractivity contribution is 0.0944. The fourth-order valence-corrected chi connectivity index (χ4v) is 3.11. The van der Waals surface area contributed by atoms with Gasteiger partial charge < -0.3 is 5.32 Å². The Labute approximate surface area is 117 Å². The average Bonchev–Trinajstić information content (AvgIpc) is 2.67. The van der Waals surface area contributed by atoms with E-state index in [9.17, 15) is 4.79 Å². The first kappa shape index (κ1) is 13.5. The van der Waals surface area contributed by atoms with Gasteiger partial charge in [0.2, 0.25) is 0 Å². The Bertz CT molecular complexity index is 468. The molecule has 0 saturated heterocycles. The van der Waals surface area contributed by atoms with Gasteiger partial charge in [-0.15, -0.1) is 0 Å². The number of pyridine rings is 1. The molecule has 0 bridgehead atoms. The number of hydrogen-bond donors (Lipinski definition) is 1. The van der Waals surface area contributed by atoms with Crippen molar-refractivity contribution >= 4 is 21.8 Å². The van der Waals surface area contributed by atoms with Crippen molar-refractivity contribution in [2.24, 2.45) is 16.7 Å². The van der Waals surface area contributed by atoms with Crippen LogP contribution in [0, 0.1) is 16.7 Å². The molecular weight excluding hydrogens is 292 g/mol. The summed E-state index contributed by atoms with van der Waals surface area (Å²) in [5.74, 6) is 0.414. The summed E-state index contributed by atoms with van der Waals surface area (Å²) >= 11 is 3.34. The monoisotopic (exact) mass is 310 g/mol. The number of nitrogens with one attached hydrogen (secondary N) is 1. The summed E-state index contributed by atoms with van der Waals surface area (Å²) < 4.78 is 0.733. The van der Waals surface area contributed by atoms with Gasteiger partial charge in [-0.2, -0.15) is 0 Å². The van der Waals surface area contributed by atoms with Crippen LogP contribution in [0.2, 0.25) is 0 Å². The van der Waals surface area contributed by atoms with Crippen molar-refractivity contribution < 1.29 is 4.79 Å². The fourth-order valence-electron chi connectivity index (χ4n) is 2.67. The van der Waals surface area contributed by atoms with Gasteiger partial charge in [0.1, 0.15) is 5.69 Å². The van der Waals surface area contributed by atoms with E-state index in [-0.39, 0.29) is 5.91 Å². The maximum Gasteiger partial charge on any atom is 0.271 e. The maximum absolute atomic E-state index is 12.0. The van der Waals surface area contributed by atoms with Gasteiger partial charge >= 0.3 is 0 Å². The van der Waals surface area contributed by atoms with Crippen molar-refractivity contribution in [3.05, 3.63) is 28.5 Å². The van der Waals surface area contributed by atoms with Gasteiger partial charge in [-0.25, -0.2) is 4.98 Å². The molecule has 1 aromatic rings. The van der Waals surface area contributed by atoms with Crippen LogP contribution in [0.15, 0.2) is 22.8 Å². The van der Waals surface area contributed by atoms with Crippen LogP contribution in [0.1, 0.15) is 38.2 Å². The van der Waals surface area contributed by atoms with E-state index >= 15 is 0 Å². The third-order valence-electron chi connectivity index (χ3n) is 4.76. The number of nitrogens with zero attached hydrogens (tertiary/aromatic N) is 1. The molecular formula is C14H19BrN2O. The summed E-state index contributed by atoms with van der Waals surface area (Å²) in [6, 6.07) is 3.63. The average molecular weight is 311 g/mol. The van der Waals surface area contributed by atoms with Crippen molar-refractivity contribution in [1.29, 1.82) is 0 Å². The zero-order valence-corrected chi connectivity index (χ0v) is 12.8. The largest absolute Gasteiger partial charge is 0.350 e. The Morgan fingerprint density at radius 1 is 1.39 bits per heavy atom. The molecule has 0 radical (unpaired) electrons. The Balaban J connectivity index is 1.97. The smallest absolute Gasteiger partial charge is 0.271 e. The minimum atomic E-state index is -0.110. The molecule has 1 heterocycles. The zero-order valence-electron chi connectivity index (χ0n) is 11.2. The molecule has 3 nitrogen and oxygen atoms in total. The highest BCUT2D eigenvalue weighted by molar-refractivity contribution is 9.10. The third-order valence-corrected chi connectivity index (χ3v) is 5.40. The highest BCUT2D eigenvalue weighted by Crippen LogP contribution is 2.67. The van der Waals surface area contributed by atoms with Gasteiger partial charge in [0.05, 0.1) is 0 Å². The lowest BCUT2D eigenvalue weighted by atomic mass is 10.0. The number of aromatic nitrogens is 1. The standard InChI is InChI=1S/C14H19BrN2O/c1-13(2)10(14(13,3)4)8-17-12(18)11-9(15)6-5-7-16-11/h5-7,10H,8H2,1-4H3,(H,17,18). The van der Waals surface area contributed by atoms with Crippen LogP contribution in [0.5, 0.6) is 0 Å². The second kappa shape index (κ2) is 4.34. The Hall–Kier alpha value is -0.900. The predicted octanol–water partition coefficient (Wildman–Crippen LogP) is 3.26. The van der Waals surface area contributed by atoms with Gasteiger partial charge in [0, 0.05) is 17.2 Å². The molecule has 1 aliphatic rings. The van der Waals surface area contributed by atoms with Gasteiger partial charge in [0.15, 0.2) is 0 Å². The highest BCUT2D eigenvalue weighted by Gasteiger charge is 2.64. The van der Waals surface area contributed by atoms with Crippen LogP contribution in [-0.2, 0) is 0 Å². The lowest BCUT2D eigenvalue weighted by Crippen LogP contribution is -2.28. The molecule has 0 atom stereocenters. The van der Waals surface area contributed by atoms with E-state index in [1.165, 1.54) is 0 Å². The fraction of sp³-hybridized carbons (Fsp3) is 0.571. The van der Waals surface area contributed by atoms with Crippen LogP contribution < -0.4 is 5.32 Å². The number of hydrogen-bond acceptors (Lipinski definition) is 2. The first-order valence-electron chi connectivity index (χ1n) is 6.17. The van der Waals surface area contributed by atoms with Crippen LogP contribution >= 0.6 is 15.9 Å². The Kier molecular flexibility index (Phi) is 3.26. The molecule has 1 aromatic heterocycles. The number of amides is 1.